The fraction of sp³-hybridized carbons (Fsp3) is 0.462. The van der Waals surface area contributed by atoms with Crippen molar-refractivity contribution in [3.05, 3.63) is 53.9 Å². The molecule has 4 rings (SSSR count). The van der Waals surface area contributed by atoms with Crippen molar-refractivity contribution in [2.24, 2.45) is 7.05 Å². The van der Waals surface area contributed by atoms with Crippen LogP contribution in [-0.4, -0.2) is 40.1 Å². The number of nitrogens with one attached hydrogen (secondary N) is 1. The van der Waals surface area contributed by atoms with Crippen LogP contribution in [0.4, 0.5) is 5.69 Å². The number of rotatable bonds is 6. The molecule has 32 heavy (non-hydrogen) atoms. The molecule has 0 aliphatic carbocycles. The Hall–Kier alpha value is -2.86. The standard InChI is InChI=1S/C26H34N4O2/c1-26(2,3)20-10-6-7-11-23(20)32-18-25(31)27-19-12-13-22-21(16-19)28-24(29(22)4)17-30-14-8-5-9-15-30/h6-7,10-13,16H,5,8-9,14-15,17-18H2,1-4H3,(H,27,31). The van der Waals surface area contributed by atoms with Crippen LogP contribution >= 0.6 is 0 Å². The van der Waals surface area contributed by atoms with Crippen LogP contribution in [0, 0.1) is 0 Å². The summed E-state index contributed by atoms with van der Waals surface area (Å²) in [4.78, 5) is 19.9. The van der Waals surface area contributed by atoms with Crippen LogP contribution in [0.1, 0.15) is 51.4 Å². The molecule has 1 amide bonds. The topological polar surface area (TPSA) is 59.4 Å². The van der Waals surface area contributed by atoms with E-state index in [4.69, 9.17) is 9.72 Å². The third kappa shape index (κ3) is 5.13. The third-order valence-corrected chi connectivity index (χ3v) is 6.12. The van der Waals surface area contributed by atoms with E-state index in [9.17, 15) is 4.79 Å². The summed E-state index contributed by atoms with van der Waals surface area (Å²) >= 11 is 0. The predicted octanol–water partition coefficient (Wildman–Crippen LogP) is 4.87. The zero-order valence-electron chi connectivity index (χ0n) is 19.6. The predicted molar refractivity (Wildman–Crippen MR) is 129 cm³/mol. The molecule has 1 fully saturated rings. The van der Waals surface area contributed by atoms with E-state index in [2.05, 4.69) is 42.6 Å². The molecule has 2 aromatic carbocycles. The van der Waals surface area contributed by atoms with Gasteiger partial charge in [0.15, 0.2) is 6.61 Å². The minimum Gasteiger partial charge on any atom is -0.483 e. The Morgan fingerprint density at radius 1 is 1.09 bits per heavy atom. The second-order valence-corrected chi connectivity index (χ2v) is 9.71. The lowest BCUT2D eigenvalue weighted by Crippen LogP contribution is -2.30. The molecule has 6 heteroatoms. The van der Waals surface area contributed by atoms with Crippen LogP contribution in [0.5, 0.6) is 5.75 Å². The van der Waals surface area contributed by atoms with Gasteiger partial charge in [0.05, 0.1) is 17.6 Å². The number of amides is 1. The molecule has 0 unspecified atom stereocenters. The Morgan fingerprint density at radius 3 is 2.59 bits per heavy atom. The van der Waals surface area contributed by atoms with Crippen LogP contribution in [0.25, 0.3) is 11.0 Å². The lowest BCUT2D eigenvalue weighted by atomic mass is 9.86. The van der Waals surface area contributed by atoms with Gasteiger partial charge in [-0.15, -0.1) is 0 Å². The zero-order valence-corrected chi connectivity index (χ0v) is 19.6. The summed E-state index contributed by atoms with van der Waals surface area (Å²) in [6, 6.07) is 13.8. The third-order valence-electron chi connectivity index (χ3n) is 6.12. The first-order valence-corrected chi connectivity index (χ1v) is 11.5. The average molecular weight is 435 g/mol. The van der Waals surface area contributed by atoms with E-state index in [0.717, 1.165) is 53.5 Å². The zero-order chi connectivity index (χ0) is 22.7. The van der Waals surface area contributed by atoms with Crippen molar-refractivity contribution >= 4 is 22.6 Å². The molecule has 0 spiro atoms. The van der Waals surface area contributed by atoms with Gasteiger partial charge in [0.2, 0.25) is 0 Å². The van der Waals surface area contributed by atoms with Gasteiger partial charge in [-0.2, -0.15) is 0 Å². The molecule has 0 atom stereocenters. The SMILES string of the molecule is Cn1c(CN2CCCCC2)nc2cc(NC(=O)COc3ccccc3C(C)(C)C)ccc21. The first-order chi connectivity index (χ1) is 15.3. The summed E-state index contributed by atoms with van der Waals surface area (Å²) in [5.74, 6) is 1.63. The fourth-order valence-electron chi connectivity index (χ4n) is 4.34. The van der Waals surface area contributed by atoms with Crippen molar-refractivity contribution in [2.45, 2.75) is 52.0 Å². The largest absolute Gasteiger partial charge is 0.483 e. The second kappa shape index (κ2) is 9.33. The quantitative estimate of drug-likeness (QED) is 0.601. The number of imidazole rings is 1. The van der Waals surface area contributed by atoms with Crippen molar-refractivity contribution in [3.8, 4) is 5.75 Å². The number of para-hydroxylation sites is 1. The van der Waals surface area contributed by atoms with E-state index < -0.39 is 0 Å². The number of nitrogens with zero attached hydrogens (tertiary/aromatic N) is 3. The van der Waals surface area contributed by atoms with Crippen molar-refractivity contribution in [1.82, 2.24) is 14.5 Å². The molecular weight excluding hydrogens is 400 g/mol. The Kier molecular flexibility index (Phi) is 6.51. The Balaban J connectivity index is 1.41. The number of likely N-dealkylation sites (tertiary alicyclic amines) is 1. The van der Waals surface area contributed by atoms with Crippen LogP contribution in [0.2, 0.25) is 0 Å². The Morgan fingerprint density at radius 2 is 1.84 bits per heavy atom. The van der Waals surface area contributed by atoms with Gasteiger partial charge >= 0.3 is 0 Å². The number of aryl methyl sites for hydroxylation is 1. The number of hydrogen-bond donors (Lipinski definition) is 1. The molecule has 3 aromatic rings. The van der Waals surface area contributed by atoms with Gasteiger partial charge in [-0.1, -0.05) is 45.4 Å². The molecule has 2 heterocycles. The van der Waals surface area contributed by atoms with Crippen LogP contribution in [0.3, 0.4) is 0 Å². The molecule has 1 saturated heterocycles. The maximum atomic E-state index is 12.5. The molecule has 1 aromatic heterocycles. The van der Waals surface area contributed by atoms with Gasteiger partial charge in [-0.3, -0.25) is 9.69 Å². The summed E-state index contributed by atoms with van der Waals surface area (Å²) < 4.78 is 8.01. The smallest absolute Gasteiger partial charge is 0.262 e. The van der Waals surface area contributed by atoms with E-state index in [0.29, 0.717) is 0 Å². The second-order valence-electron chi connectivity index (χ2n) is 9.71. The lowest BCUT2D eigenvalue weighted by Gasteiger charge is -2.25. The van der Waals surface area contributed by atoms with E-state index in [-0.39, 0.29) is 17.9 Å². The Bertz CT molecular complexity index is 1090. The highest BCUT2D eigenvalue weighted by molar-refractivity contribution is 5.94. The summed E-state index contributed by atoms with van der Waals surface area (Å²) in [6.07, 6.45) is 3.86. The molecule has 0 saturated carbocycles. The normalized spacial score (nSPS) is 15.1. The number of piperidine rings is 1. The summed E-state index contributed by atoms with van der Waals surface area (Å²) in [7, 11) is 2.06. The van der Waals surface area contributed by atoms with E-state index >= 15 is 0 Å². The van der Waals surface area contributed by atoms with Crippen LogP contribution in [0.15, 0.2) is 42.5 Å². The van der Waals surface area contributed by atoms with E-state index in [1.807, 2.05) is 42.5 Å². The highest BCUT2D eigenvalue weighted by Crippen LogP contribution is 2.31. The maximum Gasteiger partial charge on any atom is 0.262 e. The summed E-state index contributed by atoms with van der Waals surface area (Å²) in [5, 5.41) is 2.95. The van der Waals surface area contributed by atoms with Crippen molar-refractivity contribution < 1.29 is 9.53 Å². The van der Waals surface area contributed by atoms with Gasteiger partial charge < -0.3 is 14.6 Å². The van der Waals surface area contributed by atoms with Crippen LogP contribution in [-0.2, 0) is 23.8 Å². The highest BCUT2D eigenvalue weighted by Gasteiger charge is 2.19. The molecule has 170 valence electrons. The van der Waals surface area contributed by atoms with Crippen LogP contribution < -0.4 is 10.1 Å². The average Bonchev–Trinajstić information content (AvgIpc) is 3.07. The van der Waals surface area contributed by atoms with E-state index in [1.165, 1.54) is 19.3 Å². The highest BCUT2D eigenvalue weighted by atomic mass is 16.5. The molecule has 1 N–H and O–H groups in total. The molecule has 0 bridgehead atoms. The summed E-state index contributed by atoms with van der Waals surface area (Å²) in [5.41, 5.74) is 3.74. The molecule has 1 aliphatic rings. The Labute approximate surface area is 190 Å². The van der Waals surface area contributed by atoms with Gasteiger partial charge in [0, 0.05) is 12.7 Å². The molecule has 1 aliphatic heterocycles. The number of aromatic nitrogens is 2. The van der Waals surface area contributed by atoms with Gasteiger partial charge in [0.25, 0.3) is 5.91 Å². The molecule has 0 radical (unpaired) electrons. The first-order valence-electron chi connectivity index (χ1n) is 11.5. The monoisotopic (exact) mass is 434 g/mol. The number of fused-ring (bicyclic) bond motifs is 1. The number of ether oxygens (including phenoxy) is 1. The fourth-order valence-corrected chi connectivity index (χ4v) is 4.34. The number of carbonyl (C=O) groups excluding carboxylic acids is 1. The lowest BCUT2D eigenvalue weighted by molar-refractivity contribution is -0.118. The minimum atomic E-state index is -0.183. The minimum absolute atomic E-state index is 0.0342. The van der Waals surface area contributed by atoms with Gasteiger partial charge in [-0.25, -0.2) is 4.98 Å². The molecular formula is C26H34N4O2. The summed E-state index contributed by atoms with van der Waals surface area (Å²) in [6.45, 7) is 9.53. The molecule has 6 nitrogen and oxygen atoms in total. The van der Waals surface area contributed by atoms with Gasteiger partial charge in [0.1, 0.15) is 11.6 Å². The van der Waals surface area contributed by atoms with E-state index in [1.54, 1.807) is 0 Å². The van der Waals surface area contributed by atoms with Crippen molar-refractivity contribution in [2.75, 3.05) is 25.0 Å². The number of anilines is 1. The number of benzene rings is 2. The van der Waals surface area contributed by atoms with Crippen molar-refractivity contribution in [3.63, 3.8) is 0 Å². The maximum absolute atomic E-state index is 12.5. The van der Waals surface area contributed by atoms with Crippen molar-refractivity contribution in [1.29, 1.82) is 0 Å². The first kappa shape index (κ1) is 22.3. The number of carbonyl (C=O) groups is 1. The number of hydrogen-bond acceptors (Lipinski definition) is 4. The van der Waals surface area contributed by atoms with Gasteiger partial charge in [-0.05, 0) is 61.2 Å².